The van der Waals surface area contributed by atoms with Gasteiger partial charge in [-0.15, -0.1) is 0 Å². The molecule has 33 heavy (non-hydrogen) atoms. The molecule has 3 aromatic rings. The average Bonchev–Trinajstić information content (AvgIpc) is 2.77. The minimum atomic E-state index is -4.05. The third-order valence-electron chi connectivity index (χ3n) is 4.67. The largest absolute Gasteiger partial charge is 0.449 e. The highest BCUT2D eigenvalue weighted by molar-refractivity contribution is 7.92. The molecule has 2 N–H and O–H groups in total. The molecule has 0 aliphatic rings. The van der Waals surface area contributed by atoms with Gasteiger partial charge in [-0.1, -0.05) is 18.2 Å². The van der Waals surface area contributed by atoms with Crippen molar-refractivity contribution in [1.29, 1.82) is 0 Å². The molecule has 1 atom stereocenters. The van der Waals surface area contributed by atoms with Gasteiger partial charge in [0, 0.05) is 11.3 Å². The van der Waals surface area contributed by atoms with E-state index in [-0.39, 0.29) is 27.4 Å². The second-order valence-corrected chi connectivity index (χ2v) is 8.71. The quantitative estimate of drug-likeness (QED) is 0.499. The van der Waals surface area contributed by atoms with E-state index < -0.39 is 39.6 Å². The molecule has 7 nitrogen and oxygen atoms in total. The summed E-state index contributed by atoms with van der Waals surface area (Å²) in [7, 11) is -4.05. The van der Waals surface area contributed by atoms with E-state index in [0.717, 1.165) is 6.07 Å². The molecule has 0 radical (unpaired) electrons. The third-order valence-corrected chi connectivity index (χ3v) is 6.19. The van der Waals surface area contributed by atoms with E-state index in [4.69, 9.17) is 4.74 Å². The summed E-state index contributed by atoms with van der Waals surface area (Å²) in [4.78, 5) is 24.3. The second-order valence-electron chi connectivity index (χ2n) is 7.06. The van der Waals surface area contributed by atoms with Crippen LogP contribution in [0.15, 0.2) is 71.6 Å². The molecule has 3 aromatic carbocycles. The number of hydrogen-bond acceptors (Lipinski definition) is 5. The highest BCUT2D eigenvalue weighted by Gasteiger charge is 2.21. The number of carbonyl (C=O) groups is 2. The maximum Gasteiger partial charge on any atom is 0.338 e. The molecule has 1 amide bonds. The van der Waals surface area contributed by atoms with Crippen molar-refractivity contribution in [2.75, 3.05) is 10.0 Å². The van der Waals surface area contributed by atoms with Gasteiger partial charge in [-0.2, -0.15) is 0 Å². The number of amides is 1. The first-order chi connectivity index (χ1) is 15.6. The van der Waals surface area contributed by atoms with Gasteiger partial charge in [-0.25, -0.2) is 22.0 Å². The van der Waals surface area contributed by atoms with Gasteiger partial charge in [-0.3, -0.25) is 9.52 Å². The van der Waals surface area contributed by atoms with Crippen molar-refractivity contribution in [2.45, 2.75) is 24.8 Å². The molecule has 10 heteroatoms. The topological polar surface area (TPSA) is 102 Å². The van der Waals surface area contributed by atoms with Crippen molar-refractivity contribution in [2.24, 2.45) is 0 Å². The maximum atomic E-state index is 13.7. The number of esters is 1. The predicted octanol–water partition coefficient (Wildman–Crippen LogP) is 4.26. The van der Waals surface area contributed by atoms with Gasteiger partial charge in [0.15, 0.2) is 6.10 Å². The van der Waals surface area contributed by atoms with E-state index in [9.17, 15) is 26.8 Å². The van der Waals surface area contributed by atoms with Crippen LogP contribution >= 0.6 is 0 Å². The summed E-state index contributed by atoms with van der Waals surface area (Å²) in [5, 5.41) is 2.33. The first kappa shape index (κ1) is 23.9. The Bertz CT molecular complexity index is 1290. The third kappa shape index (κ3) is 5.72. The zero-order chi connectivity index (χ0) is 24.2. The molecule has 1 unspecified atom stereocenters. The van der Waals surface area contributed by atoms with Gasteiger partial charge in [0.1, 0.15) is 11.6 Å². The highest BCUT2D eigenvalue weighted by Crippen LogP contribution is 2.22. The van der Waals surface area contributed by atoms with E-state index in [0.29, 0.717) is 0 Å². The molecule has 0 saturated heterocycles. The summed E-state index contributed by atoms with van der Waals surface area (Å²) >= 11 is 0. The van der Waals surface area contributed by atoms with Crippen molar-refractivity contribution in [1.82, 2.24) is 0 Å². The van der Waals surface area contributed by atoms with E-state index in [1.807, 2.05) is 0 Å². The Morgan fingerprint density at radius 2 is 1.55 bits per heavy atom. The minimum absolute atomic E-state index is 0.0205. The van der Waals surface area contributed by atoms with Gasteiger partial charge in [-0.05, 0) is 62.4 Å². The van der Waals surface area contributed by atoms with E-state index in [1.54, 1.807) is 6.07 Å². The Morgan fingerprint density at radius 3 is 2.21 bits per heavy atom. The Morgan fingerprint density at radius 1 is 0.909 bits per heavy atom. The monoisotopic (exact) mass is 474 g/mol. The Balaban J connectivity index is 1.64. The number of carbonyl (C=O) groups excluding carboxylic acids is 2. The molecule has 0 fully saturated rings. The lowest BCUT2D eigenvalue weighted by atomic mass is 10.2. The standard InChI is InChI=1S/C23H20F2N2O5S/c1-14-18(24)7-5-9-21(14)33(30,31)27-17-12-10-16(11-13-17)23(29)32-15(2)22(28)26-20-8-4-3-6-19(20)25/h3-13,15,27H,1-2H3,(H,26,28). The Hall–Kier alpha value is -3.79. The number of rotatable bonds is 7. The van der Waals surface area contributed by atoms with Crippen LogP contribution in [0.2, 0.25) is 0 Å². The first-order valence-electron chi connectivity index (χ1n) is 9.73. The summed E-state index contributed by atoms with van der Waals surface area (Å²) in [5.74, 6) is -2.83. The van der Waals surface area contributed by atoms with Gasteiger partial charge in [0.25, 0.3) is 15.9 Å². The molecule has 172 valence electrons. The highest BCUT2D eigenvalue weighted by atomic mass is 32.2. The molecule has 0 bridgehead atoms. The number of anilines is 2. The molecule has 0 heterocycles. The molecule has 0 aliphatic heterocycles. The zero-order valence-electron chi connectivity index (χ0n) is 17.6. The fraction of sp³-hybridized carbons (Fsp3) is 0.130. The summed E-state index contributed by atoms with van der Waals surface area (Å²) in [6.45, 7) is 2.68. The van der Waals surface area contributed by atoms with Crippen molar-refractivity contribution in [3.8, 4) is 0 Å². The molecule has 0 aromatic heterocycles. The van der Waals surface area contributed by atoms with E-state index in [1.165, 1.54) is 68.4 Å². The lowest BCUT2D eigenvalue weighted by Gasteiger charge is -2.14. The van der Waals surface area contributed by atoms with Crippen LogP contribution in [0.3, 0.4) is 0 Å². The number of halogens is 2. The predicted molar refractivity (Wildman–Crippen MR) is 118 cm³/mol. The Kier molecular flexibility index (Phi) is 7.07. The summed E-state index contributed by atoms with van der Waals surface area (Å²) in [6.07, 6.45) is -1.22. The van der Waals surface area contributed by atoms with E-state index >= 15 is 0 Å². The van der Waals surface area contributed by atoms with Gasteiger partial charge < -0.3 is 10.1 Å². The van der Waals surface area contributed by atoms with Gasteiger partial charge in [0.2, 0.25) is 0 Å². The van der Waals surface area contributed by atoms with Crippen molar-refractivity contribution in [3.63, 3.8) is 0 Å². The minimum Gasteiger partial charge on any atom is -0.449 e. The molecule has 0 aliphatic carbocycles. The van der Waals surface area contributed by atoms with E-state index in [2.05, 4.69) is 10.0 Å². The SMILES string of the molecule is Cc1c(F)cccc1S(=O)(=O)Nc1ccc(C(=O)OC(C)C(=O)Nc2ccccc2F)cc1. The number of nitrogens with one attached hydrogen (secondary N) is 2. The van der Waals surface area contributed by atoms with Crippen LogP contribution in [0.4, 0.5) is 20.2 Å². The maximum absolute atomic E-state index is 13.7. The fourth-order valence-electron chi connectivity index (χ4n) is 2.84. The normalized spacial score (nSPS) is 12.0. The van der Waals surface area contributed by atoms with Crippen LogP contribution in [-0.4, -0.2) is 26.4 Å². The van der Waals surface area contributed by atoms with Gasteiger partial charge >= 0.3 is 5.97 Å². The van der Waals surface area contributed by atoms with Crippen LogP contribution in [0.1, 0.15) is 22.8 Å². The second kappa shape index (κ2) is 9.78. The van der Waals surface area contributed by atoms with Crippen molar-refractivity contribution in [3.05, 3.63) is 89.5 Å². The van der Waals surface area contributed by atoms with Crippen LogP contribution in [0, 0.1) is 18.6 Å². The number of ether oxygens (including phenoxy) is 1. The number of benzene rings is 3. The molecular weight excluding hydrogens is 454 g/mol. The van der Waals surface area contributed by atoms with Crippen LogP contribution in [0.25, 0.3) is 0 Å². The summed E-state index contributed by atoms with van der Waals surface area (Å²) in [5.41, 5.74) is 0.134. The lowest BCUT2D eigenvalue weighted by Crippen LogP contribution is -2.30. The van der Waals surface area contributed by atoms with Crippen molar-refractivity contribution < 1.29 is 31.5 Å². The summed E-state index contributed by atoms with van der Waals surface area (Å²) in [6, 6.07) is 14.6. The van der Waals surface area contributed by atoms with Gasteiger partial charge in [0.05, 0.1) is 16.1 Å². The molecular formula is C23H20F2N2O5S. The lowest BCUT2D eigenvalue weighted by molar-refractivity contribution is -0.123. The number of hydrogen-bond donors (Lipinski definition) is 2. The van der Waals surface area contributed by atoms with Crippen molar-refractivity contribution >= 4 is 33.3 Å². The molecule has 0 spiro atoms. The smallest absolute Gasteiger partial charge is 0.338 e. The van der Waals surface area contributed by atoms with Crippen LogP contribution < -0.4 is 10.0 Å². The van der Waals surface area contributed by atoms with Crippen LogP contribution in [0.5, 0.6) is 0 Å². The zero-order valence-corrected chi connectivity index (χ0v) is 18.5. The average molecular weight is 474 g/mol. The summed E-state index contributed by atoms with van der Waals surface area (Å²) < 4.78 is 59.9. The first-order valence-corrected chi connectivity index (χ1v) is 11.2. The number of para-hydroxylation sites is 1. The number of sulfonamides is 1. The van der Waals surface area contributed by atoms with Crippen LogP contribution in [-0.2, 0) is 19.6 Å². The molecule has 0 saturated carbocycles. The fourth-order valence-corrected chi connectivity index (χ4v) is 4.16. The molecule has 3 rings (SSSR count). The Labute approximate surface area is 189 Å².